The molecule has 0 spiro atoms. The summed E-state index contributed by atoms with van der Waals surface area (Å²) < 4.78 is 0. The molecule has 1 aromatic rings. The van der Waals surface area contributed by atoms with Crippen LogP contribution in [-0.4, -0.2) is 10.9 Å². The molecule has 51 valence electrons. The highest BCUT2D eigenvalue weighted by atomic mass is 35.5. The molecule has 1 heterocycles. The first kappa shape index (κ1) is 7.02. The van der Waals surface area contributed by atoms with Crippen molar-refractivity contribution in [1.29, 1.82) is 0 Å². The lowest BCUT2D eigenvalue weighted by Crippen LogP contribution is -2.13. The number of carbonyl (C=O) groups is 1. The van der Waals surface area contributed by atoms with Crippen LogP contribution >= 0.6 is 11.6 Å². The fourth-order valence-electron chi connectivity index (χ4n) is 0.517. The van der Waals surface area contributed by atoms with Gasteiger partial charge in [-0.15, -0.1) is 0 Å². The first-order valence-electron chi connectivity index (χ1n) is 2.54. The highest BCUT2D eigenvalue weighted by molar-refractivity contribution is 6.33. The first-order chi connectivity index (χ1) is 4.72. The maximum absolute atomic E-state index is 10.5. The van der Waals surface area contributed by atoms with Crippen LogP contribution in [0.4, 0.5) is 0 Å². The number of carbonyl (C=O) groups excluding carboxylic acids is 1. The summed E-state index contributed by atoms with van der Waals surface area (Å²) in [7, 11) is 0. The van der Waals surface area contributed by atoms with Crippen LogP contribution in [0, 0.1) is 6.20 Å². The SMILES string of the molecule is NC(=O)c1n[c]ccc1Cl. The number of pyridine rings is 1. The standard InChI is InChI=1S/C6H4ClN2O/c7-4-2-1-3-9-5(4)6(8)10/h1-2H,(H2,8,10). The van der Waals surface area contributed by atoms with Crippen molar-refractivity contribution in [3.8, 4) is 0 Å². The number of halogens is 1. The average molecular weight is 156 g/mol. The normalized spacial score (nSPS) is 9.30. The Morgan fingerprint density at radius 2 is 2.50 bits per heavy atom. The summed E-state index contributed by atoms with van der Waals surface area (Å²) in [5.74, 6) is -0.637. The van der Waals surface area contributed by atoms with Crippen LogP contribution in [0.15, 0.2) is 12.1 Å². The molecule has 0 unspecified atom stereocenters. The molecule has 0 aliphatic heterocycles. The Labute approximate surface area is 62.8 Å². The number of aromatic nitrogens is 1. The van der Waals surface area contributed by atoms with Gasteiger partial charge >= 0.3 is 0 Å². The first-order valence-corrected chi connectivity index (χ1v) is 2.92. The van der Waals surface area contributed by atoms with E-state index in [4.69, 9.17) is 17.3 Å². The van der Waals surface area contributed by atoms with Crippen LogP contribution in [-0.2, 0) is 0 Å². The predicted octanol–water partition coefficient (Wildman–Crippen LogP) is 0.634. The lowest BCUT2D eigenvalue weighted by atomic mass is 10.3. The van der Waals surface area contributed by atoms with Gasteiger partial charge in [0.15, 0.2) is 0 Å². The number of primary amides is 1. The van der Waals surface area contributed by atoms with Gasteiger partial charge in [-0.2, -0.15) is 0 Å². The van der Waals surface area contributed by atoms with Gasteiger partial charge in [0.05, 0.1) is 11.2 Å². The molecule has 1 aromatic heterocycles. The fourth-order valence-corrected chi connectivity index (χ4v) is 0.716. The van der Waals surface area contributed by atoms with Crippen molar-refractivity contribution in [2.75, 3.05) is 0 Å². The third kappa shape index (κ3) is 1.25. The third-order valence-electron chi connectivity index (χ3n) is 0.940. The molecule has 0 fully saturated rings. The van der Waals surface area contributed by atoms with Gasteiger partial charge in [0.1, 0.15) is 5.69 Å². The second kappa shape index (κ2) is 2.66. The Morgan fingerprint density at radius 3 is 2.90 bits per heavy atom. The Kier molecular flexibility index (Phi) is 1.87. The minimum Gasteiger partial charge on any atom is -0.364 e. The second-order valence-corrected chi connectivity index (χ2v) is 2.04. The number of hydrogen-bond acceptors (Lipinski definition) is 2. The van der Waals surface area contributed by atoms with Crippen molar-refractivity contribution in [2.24, 2.45) is 5.73 Å². The molecule has 1 amide bonds. The molecule has 0 atom stereocenters. The van der Waals surface area contributed by atoms with E-state index in [0.29, 0.717) is 0 Å². The topological polar surface area (TPSA) is 56.0 Å². The minimum atomic E-state index is -0.637. The van der Waals surface area contributed by atoms with E-state index >= 15 is 0 Å². The van der Waals surface area contributed by atoms with E-state index < -0.39 is 5.91 Å². The molecule has 10 heavy (non-hydrogen) atoms. The van der Waals surface area contributed by atoms with Gasteiger partial charge in [-0.1, -0.05) is 11.6 Å². The highest BCUT2D eigenvalue weighted by Crippen LogP contribution is 2.09. The highest BCUT2D eigenvalue weighted by Gasteiger charge is 2.05. The molecule has 4 heteroatoms. The lowest BCUT2D eigenvalue weighted by molar-refractivity contribution is 0.0995. The van der Waals surface area contributed by atoms with E-state index in [9.17, 15) is 4.79 Å². The van der Waals surface area contributed by atoms with Gasteiger partial charge in [-0.3, -0.25) is 4.79 Å². The molecule has 0 aliphatic carbocycles. The maximum atomic E-state index is 10.5. The predicted molar refractivity (Wildman–Crippen MR) is 36.6 cm³/mol. The Bertz CT molecular complexity index is 262. The molecule has 1 radical (unpaired) electrons. The van der Waals surface area contributed by atoms with Gasteiger partial charge in [-0.05, 0) is 12.1 Å². The summed E-state index contributed by atoms with van der Waals surface area (Å²) in [6.07, 6.45) is 2.45. The van der Waals surface area contributed by atoms with Crippen molar-refractivity contribution < 1.29 is 4.79 Å². The van der Waals surface area contributed by atoms with Crippen molar-refractivity contribution in [1.82, 2.24) is 4.98 Å². The molecular formula is C6H4ClN2O. The zero-order valence-electron chi connectivity index (χ0n) is 4.97. The molecule has 0 bridgehead atoms. The Hall–Kier alpha value is -1.09. The number of hydrogen-bond donors (Lipinski definition) is 1. The number of amides is 1. The molecule has 0 aromatic carbocycles. The Morgan fingerprint density at radius 1 is 1.80 bits per heavy atom. The van der Waals surface area contributed by atoms with Gasteiger partial charge in [-0.25, -0.2) is 4.98 Å². The smallest absolute Gasteiger partial charge is 0.268 e. The van der Waals surface area contributed by atoms with Crippen LogP contribution in [0.25, 0.3) is 0 Å². The number of rotatable bonds is 1. The van der Waals surface area contributed by atoms with Crippen LogP contribution in [0.2, 0.25) is 5.02 Å². The summed E-state index contributed by atoms with van der Waals surface area (Å²) >= 11 is 5.54. The third-order valence-corrected chi connectivity index (χ3v) is 1.25. The van der Waals surface area contributed by atoms with E-state index in [0.717, 1.165) is 0 Å². The maximum Gasteiger partial charge on any atom is 0.268 e. The monoisotopic (exact) mass is 155 g/mol. The van der Waals surface area contributed by atoms with Gasteiger partial charge < -0.3 is 5.73 Å². The van der Waals surface area contributed by atoms with Crippen LogP contribution in [0.1, 0.15) is 10.5 Å². The zero-order valence-corrected chi connectivity index (χ0v) is 5.72. The largest absolute Gasteiger partial charge is 0.364 e. The molecule has 2 N–H and O–H groups in total. The van der Waals surface area contributed by atoms with Crippen LogP contribution in [0.3, 0.4) is 0 Å². The fraction of sp³-hybridized carbons (Fsp3) is 0. The molecule has 0 saturated heterocycles. The minimum absolute atomic E-state index is 0.0594. The van der Waals surface area contributed by atoms with Gasteiger partial charge in [0.25, 0.3) is 5.91 Å². The summed E-state index contributed by atoms with van der Waals surface area (Å²) in [5.41, 5.74) is 4.97. The van der Waals surface area contributed by atoms with Gasteiger partial charge in [0.2, 0.25) is 0 Å². The number of nitrogens with zero attached hydrogens (tertiary/aromatic N) is 1. The van der Waals surface area contributed by atoms with Gasteiger partial charge in [0, 0.05) is 0 Å². The van der Waals surface area contributed by atoms with Crippen molar-refractivity contribution in [2.45, 2.75) is 0 Å². The summed E-state index contributed by atoms with van der Waals surface area (Å²) in [6.45, 7) is 0. The molecule has 3 nitrogen and oxygen atoms in total. The summed E-state index contributed by atoms with van der Waals surface area (Å²) in [5, 5.41) is 0.256. The molecule has 0 saturated carbocycles. The van der Waals surface area contributed by atoms with Crippen LogP contribution < -0.4 is 5.73 Å². The summed E-state index contributed by atoms with van der Waals surface area (Å²) in [4.78, 5) is 14.0. The zero-order chi connectivity index (χ0) is 7.56. The number of nitrogens with two attached hydrogens (primary N) is 1. The van der Waals surface area contributed by atoms with Crippen molar-refractivity contribution >= 4 is 17.5 Å². The van der Waals surface area contributed by atoms with E-state index in [1.165, 1.54) is 12.1 Å². The van der Waals surface area contributed by atoms with Crippen LogP contribution in [0.5, 0.6) is 0 Å². The van der Waals surface area contributed by atoms with E-state index in [1.807, 2.05) is 0 Å². The van der Waals surface area contributed by atoms with E-state index in [-0.39, 0.29) is 10.7 Å². The van der Waals surface area contributed by atoms with E-state index in [2.05, 4.69) is 11.2 Å². The second-order valence-electron chi connectivity index (χ2n) is 1.64. The summed E-state index contributed by atoms with van der Waals surface area (Å²) in [6, 6.07) is 3.02. The molecular weight excluding hydrogens is 152 g/mol. The van der Waals surface area contributed by atoms with Crippen molar-refractivity contribution in [3.63, 3.8) is 0 Å². The average Bonchev–Trinajstić information content (AvgIpc) is 1.88. The lowest BCUT2D eigenvalue weighted by Gasteiger charge is -1.93. The van der Waals surface area contributed by atoms with Crippen molar-refractivity contribution in [3.05, 3.63) is 29.0 Å². The Balaban J connectivity index is 3.15. The quantitative estimate of drug-likeness (QED) is 0.647. The van der Waals surface area contributed by atoms with E-state index in [1.54, 1.807) is 0 Å². The molecule has 0 aliphatic rings. The molecule has 1 rings (SSSR count).